The predicted octanol–water partition coefficient (Wildman–Crippen LogP) is 4.55. The van der Waals surface area contributed by atoms with Crippen LogP contribution in [0.3, 0.4) is 0 Å². The van der Waals surface area contributed by atoms with Crippen LogP contribution in [0.5, 0.6) is 0 Å². The number of carbonyl (C=O) groups excluding carboxylic acids is 1. The fourth-order valence-electron chi connectivity index (χ4n) is 5.37. The number of nitrogens with zero attached hydrogens (tertiary/aromatic N) is 6. The molecule has 2 aromatic carbocycles. The van der Waals surface area contributed by atoms with Crippen molar-refractivity contribution in [3.63, 3.8) is 0 Å². The molecule has 2 aromatic heterocycles. The fourth-order valence-corrected chi connectivity index (χ4v) is 5.37. The zero-order valence-electron chi connectivity index (χ0n) is 20.6. The van der Waals surface area contributed by atoms with Crippen LogP contribution in [0.4, 0.5) is 5.69 Å². The van der Waals surface area contributed by atoms with E-state index in [1.54, 1.807) is 0 Å². The molecule has 1 atom stereocenters. The third-order valence-corrected chi connectivity index (χ3v) is 7.33. The molecule has 2 aliphatic rings. The highest BCUT2D eigenvalue weighted by Crippen LogP contribution is 2.36. The van der Waals surface area contributed by atoms with E-state index < -0.39 is 0 Å². The van der Waals surface area contributed by atoms with Gasteiger partial charge in [-0.05, 0) is 81.0 Å². The first-order chi connectivity index (χ1) is 17.5. The monoisotopic (exact) mass is 476 g/mol. The summed E-state index contributed by atoms with van der Waals surface area (Å²) in [5.41, 5.74) is 7.05. The maximum absolute atomic E-state index is 13.2. The highest BCUT2D eigenvalue weighted by Gasteiger charge is 2.33. The van der Waals surface area contributed by atoms with Gasteiger partial charge in [0.1, 0.15) is 0 Å². The molecular formula is C29H28N6O. The lowest BCUT2D eigenvalue weighted by Gasteiger charge is -2.20. The van der Waals surface area contributed by atoms with Crippen molar-refractivity contribution in [1.82, 2.24) is 19.0 Å². The molecule has 0 N–H and O–H groups in total. The lowest BCUT2D eigenvalue weighted by Crippen LogP contribution is -2.28. The minimum Gasteiger partial charge on any atom is -0.340 e. The average molecular weight is 477 g/mol. The predicted molar refractivity (Wildman–Crippen MR) is 140 cm³/mol. The van der Waals surface area contributed by atoms with E-state index in [0.717, 1.165) is 65.5 Å². The van der Waals surface area contributed by atoms with Gasteiger partial charge >= 0.3 is 0 Å². The van der Waals surface area contributed by atoms with E-state index in [9.17, 15) is 4.79 Å². The Hall–Kier alpha value is -4.15. The summed E-state index contributed by atoms with van der Waals surface area (Å²) in [4.78, 5) is 22.0. The van der Waals surface area contributed by atoms with E-state index >= 15 is 0 Å². The first kappa shape index (κ1) is 22.3. The maximum Gasteiger partial charge on any atom is 0.230 e. The molecule has 180 valence electrons. The summed E-state index contributed by atoms with van der Waals surface area (Å²) >= 11 is 0. The SMILES string of the molecule is CN(C)CC[C@@H]1CCN(c2ccc3c(c2)Cn2cc(-c4ccc(C#N)cc4)cc2-c2nccn2-3)C1=O. The Bertz CT molecular complexity index is 1490. The molecule has 2 aliphatic heterocycles. The second-order valence-electron chi connectivity index (χ2n) is 9.93. The molecule has 4 aromatic rings. The Balaban J connectivity index is 1.35. The summed E-state index contributed by atoms with van der Waals surface area (Å²) in [7, 11) is 4.10. The van der Waals surface area contributed by atoms with E-state index in [1.165, 1.54) is 0 Å². The molecule has 0 aliphatic carbocycles. The number of fused-ring (bicyclic) bond motifs is 5. The molecule has 6 rings (SSSR count). The molecule has 0 spiro atoms. The zero-order valence-corrected chi connectivity index (χ0v) is 20.6. The van der Waals surface area contributed by atoms with Crippen LogP contribution < -0.4 is 4.90 Å². The molecule has 1 amide bonds. The van der Waals surface area contributed by atoms with Crippen LogP contribution in [0, 0.1) is 17.2 Å². The Morgan fingerprint density at radius 3 is 2.72 bits per heavy atom. The molecule has 0 radical (unpaired) electrons. The van der Waals surface area contributed by atoms with Crippen LogP contribution in [0.15, 0.2) is 67.1 Å². The van der Waals surface area contributed by atoms with Crippen LogP contribution in [-0.4, -0.2) is 52.1 Å². The quantitative estimate of drug-likeness (QED) is 0.373. The zero-order chi connectivity index (χ0) is 24.8. The second-order valence-corrected chi connectivity index (χ2v) is 9.93. The summed E-state index contributed by atoms with van der Waals surface area (Å²) in [6.45, 7) is 2.38. The normalized spacial score (nSPS) is 16.4. The van der Waals surface area contributed by atoms with Gasteiger partial charge in [-0.25, -0.2) is 4.98 Å². The van der Waals surface area contributed by atoms with Crippen molar-refractivity contribution in [2.24, 2.45) is 5.92 Å². The van der Waals surface area contributed by atoms with Gasteiger partial charge in [-0.1, -0.05) is 12.1 Å². The third kappa shape index (κ3) is 3.80. The molecule has 7 heteroatoms. The largest absolute Gasteiger partial charge is 0.340 e. The number of carbonyl (C=O) groups is 1. The molecule has 1 fully saturated rings. The van der Waals surface area contributed by atoms with Crippen molar-refractivity contribution in [1.29, 1.82) is 5.26 Å². The van der Waals surface area contributed by atoms with E-state index in [2.05, 4.69) is 69.6 Å². The van der Waals surface area contributed by atoms with Crippen molar-refractivity contribution < 1.29 is 4.79 Å². The molecule has 0 unspecified atom stereocenters. The number of aromatic nitrogens is 3. The smallest absolute Gasteiger partial charge is 0.230 e. The van der Waals surface area contributed by atoms with Gasteiger partial charge in [0.15, 0.2) is 5.82 Å². The number of hydrogen-bond donors (Lipinski definition) is 0. The van der Waals surface area contributed by atoms with Crippen molar-refractivity contribution in [3.8, 4) is 34.4 Å². The number of hydrogen-bond acceptors (Lipinski definition) is 4. The number of amides is 1. The Morgan fingerprint density at radius 2 is 1.94 bits per heavy atom. The number of imidazole rings is 1. The van der Waals surface area contributed by atoms with E-state index in [0.29, 0.717) is 12.1 Å². The molecule has 36 heavy (non-hydrogen) atoms. The van der Waals surface area contributed by atoms with Crippen LogP contribution in [-0.2, 0) is 11.3 Å². The molecule has 0 bridgehead atoms. The van der Waals surface area contributed by atoms with Crippen molar-refractivity contribution in [2.45, 2.75) is 19.4 Å². The lowest BCUT2D eigenvalue weighted by atomic mass is 10.0. The van der Waals surface area contributed by atoms with Gasteiger partial charge in [-0.3, -0.25) is 9.36 Å². The van der Waals surface area contributed by atoms with Crippen molar-refractivity contribution in [3.05, 3.63) is 78.2 Å². The van der Waals surface area contributed by atoms with Crippen LogP contribution in [0.2, 0.25) is 0 Å². The minimum absolute atomic E-state index is 0.0949. The van der Waals surface area contributed by atoms with Crippen molar-refractivity contribution >= 4 is 11.6 Å². The third-order valence-electron chi connectivity index (χ3n) is 7.33. The number of rotatable bonds is 5. The van der Waals surface area contributed by atoms with Gasteiger partial charge in [0.2, 0.25) is 5.91 Å². The average Bonchev–Trinajstić information content (AvgIpc) is 3.60. The van der Waals surface area contributed by atoms with Gasteiger partial charge in [-0.2, -0.15) is 5.26 Å². The fraction of sp³-hybridized carbons (Fsp3) is 0.276. The van der Waals surface area contributed by atoms with E-state index in [1.807, 2.05) is 41.6 Å². The first-order valence-corrected chi connectivity index (χ1v) is 12.4. The van der Waals surface area contributed by atoms with Crippen LogP contribution in [0.25, 0.3) is 28.3 Å². The summed E-state index contributed by atoms with van der Waals surface area (Å²) < 4.78 is 4.36. The van der Waals surface area contributed by atoms with Gasteiger partial charge in [0.05, 0.1) is 23.0 Å². The number of nitriles is 1. The Morgan fingerprint density at radius 1 is 1.11 bits per heavy atom. The molecular weight excluding hydrogens is 448 g/mol. The second kappa shape index (κ2) is 8.81. The van der Waals surface area contributed by atoms with E-state index in [-0.39, 0.29) is 11.8 Å². The number of anilines is 1. The van der Waals surface area contributed by atoms with Crippen LogP contribution >= 0.6 is 0 Å². The summed E-state index contributed by atoms with van der Waals surface area (Å²) in [5, 5.41) is 9.13. The molecule has 7 nitrogen and oxygen atoms in total. The van der Waals surface area contributed by atoms with Gasteiger partial charge < -0.3 is 14.4 Å². The van der Waals surface area contributed by atoms with Crippen LogP contribution in [0.1, 0.15) is 24.0 Å². The lowest BCUT2D eigenvalue weighted by molar-refractivity contribution is -0.120. The first-order valence-electron chi connectivity index (χ1n) is 12.4. The van der Waals surface area contributed by atoms with Gasteiger partial charge in [-0.15, -0.1) is 0 Å². The molecule has 1 saturated heterocycles. The summed E-state index contributed by atoms with van der Waals surface area (Å²) in [5.74, 6) is 1.22. The van der Waals surface area contributed by atoms with Crippen molar-refractivity contribution in [2.75, 3.05) is 32.1 Å². The molecule has 4 heterocycles. The summed E-state index contributed by atoms with van der Waals surface area (Å²) in [6, 6.07) is 18.4. The molecule has 0 saturated carbocycles. The topological polar surface area (TPSA) is 70.1 Å². The Labute approximate surface area is 210 Å². The summed E-state index contributed by atoms with van der Waals surface area (Å²) in [6.07, 6.45) is 7.78. The Kier molecular flexibility index (Phi) is 5.46. The van der Waals surface area contributed by atoms with Gasteiger partial charge in [0, 0.05) is 48.8 Å². The maximum atomic E-state index is 13.2. The van der Waals surface area contributed by atoms with E-state index in [4.69, 9.17) is 5.26 Å². The minimum atomic E-state index is 0.0949. The highest BCUT2D eigenvalue weighted by molar-refractivity contribution is 5.97. The number of benzene rings is 2. The highest BCUT2D eigenvalue weighted by atomic mass is 16.2. The standard InChI is InChI=1S/C29H28N6O/c1-32(2)12-9-22-10-13-34(29(22)36)25-7-8-26-24(15-25)19-33-18-23(21-5-3-20(17-30)4-6-21)16-27(33)28-31-11-14-35(26)28/h3-8,11,14-16,18,22H,9-10,12-13,19H2,1-2H3/t22-/m1/s1. The van der Waals surface area contributed by atoms with Gasteiger partial charge in [0.25, 0.3) is 0 Å².